The van der Waals surface area contributed by atoms with Crippen molar-refractivity contribution in [1.82, 2.24) is 0 Å². The maximum Gasteiger partial charge on any atom is 0.137 e. The van der Waals surface area contributed by atoms with Crippen LogP contribution >= 0.6 is 0 Å². The maximum absolute atomic E-state index is 11.4. The minimum absolute atomic E-state index is 0.466. The summed E-state index contributed by atoms with van der Waals surface area (Å²) in [5, 5.41) is 0. The monoisotopic (exact) mass is 202 g/mol. The highest BCUT2D eigenvalue weighted by molar-refractivity contribution is 5.83. The third kappa shape index (κ3) is 1.68. The highest BCUT2D eigenvalue weighted by Crippen LogP contribution is 2.42. The smallest absolute Gasteiger partial charge is 0.137 e. The Morgan fingerprint density at radius 3 is 1.93 bits per heavy atom. The molecular formula is C14H18O. The van der Waals surface area contributed by atoms with E-state index < -0.39 is 0 Å². The molecule has 3 aliphatic carbocycles. The molecule has 0 spiro atoms. The van der Waals surface area contributed by atoms with Crippen molar-refractivity contribution in [1.29, 1.82) is 0 Å². The normalized spacial score (nSPS) is 26.5. The van der Waals surface area contributed by atoms with Gasteiger partial charge < -0.3 is 0 Å². The molecule has 0 saturated carbocycles. The Morgan fingerprint density at radius 2 is 1.20 bits per heavy atom. The van der Waals surface area contributed by atoms with Crippen LogP contribution < -0.4 is 0 Å². The molecule has 3 rings (SSSR count). The summed E-state index contributed by atoms with van der Waals surface area (Å²) in [6.07, 6.45) is 10.4. The van der Waals surface area contributed by atoms with Gasteiger partial charge in [0, 0.05) is 12.8 Å². The molecule has 15 heavy (non-hydrogen) atoms. The Balaban J connectivity index is 1.85. The van der Waals surface area contributed by atoms with Gasteiger partial charge in [-0.2, -0.15) is 0 Å². The van der Waals surface area contributed by atoms with Crippen molar-refractivity contribution in [2.75, 3.05) is 0 Å². The molecule has 3 aliphatic rings. The van der Waals surface area contributed by atoms with Gasteiger partial charge in [0.15, 0.2) is 0 Å². The van der Waals surface area contributed by atoms with Crippen LogP contribution in [0.2, 0.25) is 0 Å². The first-order valence-electron chi connectivity index (χ1n) is 6.24. The third-order valence-electron chi connectivity index (χ3n) is 4.18. The van der Waals surface area contributed by atoms with Gasteiger partial charge in [0.2, 0.25) is 0 Å². The molecule has 0 amide bonds. The zero-order valence-corrected chi connectivity index (χ0v) is 9.27. The van der Waals surface area contributed by atoms with E-state index in [0.717, 1.165) is 25.7 Å². The first-order valence-corrected chi connectivity index (χ1v) is 6.24. The number of hydrogen-bond donors (Lipinski definition) is 0. The van der Waals surface area contributed by atoms with Crippen LogP contribution in [-0.2, 0) is 4.79 Å². The van der Waals surface area contributed by atoms with E-state index in [0.29, 0.717) is 5.78 Å². The lowest BCUT2D eigenvalue weighted by Gasteiger charge is -2.31. The second kappa shape index (κ2) is 3.62. The lowest BCUT2D eigenvalue weighted by Crippen LogP contribution is -2.16. The van der Waals surface area contributed by atoms with Gasteiger partial charge in [0.25, 0.3) is 0 Å². The molecule has 0 N–H and O–H groups in total. The van der Waals surface area contributed by atoms with Crippen LogP contribution in [-0.4, -0.2) is 5.78 Å². The van der Waals surface area contributed by atoms with Gasteiger partial charge in [-0.15, -0.1) is 0 Å². The van der Waals surface area contributed by atoms with Crippen molar-refractivity contribution >= 4 is 5.78 Å². The summed E-state index contributed by atoms with van der Waals surface area (Å²) in [6, 6.07) is 0. The molecule has 0 bridgehead atoms. The van der Waals surface area contributed by atoms with E-state index in [4.69, 9.17) is 0 Å². The molecule has 1 nitrogen and oxygen atoms in total. The van der Waals surface area contributed by atoms with E-state index in [1.165, 1.54) is 37.7 Å². The van der Waals surface area contributed by atoms with Crippen LogP contribution in [0.1, 0.15) is 57.8 Å². The number of ketones is 1. The highest BCUT2D eigenvalue weighted by atomic mass is 16.1. The Hall–Kier alpha value is -0.850. The largest absolute Gasteiger partial charge is 0.299 e. The average molecular weight is 202 g/mol. The van der Waals surface area contributed by atoms with E-state index in [-0.39, 0.29) is 0 Å². The summed E-state index contributed by atoms with van der Waals surface area (Å²) in [4.78, 5) is 11.4. The molecule has 0 aromatic heterocycles. The van der Waals surface area contributed by atoms with Crippen molar-refractivity contribution in [3.63, 3.8) is 0 Å². The summed E-state index contributed by atoms with van der Waals surface area (Å²) >= 11 is 0. The molecule has 0 unspecified atom stereocenters. The van der Waals surface area contributed by atoms with Crippen LogP contribution in [0.25, 0.3) is 0 Å². The first kappa shape index (κ1) is 9.38. The average Bonchev–Trinajstić information content (AvgIpc) is 2.26. The number of Topliss-reactive ketones (excluding diaryl/α,β-unsaturated/α-hetero) is 1. The Kier molecular flexibility index (Phi) is 2.27. The fourth-order valence-electron chi connectivity index (χ4n) is 3.29. The number of carbonyl (C=O) groups is 1. The molecule has 0 radical (unpaired) electrons. The third-order valence-corrected chi connectivity index (χ3v) is 4.18. The standard InChI is InChI=1S/C14H18O/c15-14-6-5-12-7-10-3-1-2-4-11(10)8-13(12)9-14/h1-9H2. The van der Waals surface area contributed by atoms with Crippen LogP contribution in [0.5, 0.6) is 0 Å². The van der Waals surface area contributed by atoms with E-state index >= 15 is 0 Å². The second-order valence-electron chi connectivity index (χ2n) is 5.19. The van der Waals surface area contributed by atoms with Gasteiger partial charge in [0.05, 0.1) is 0 Å². The quantitative estimate of drug-likeness (QED) is 0.547. The maximum atomic E-state index is 11.4. The number of allylic oxidation sites excluding steroid dienone is 4. The minimum atomic E-state index is 0.466. The lowest BCUT2D eigenvalue weighted by atomic mass is 9.74. The predicted octanol–water partition coefficient (Wildman–Crippen LogP) is 3.70. The zero-order valence-electron chi connectivity index (χ0n) is 9.27. The van der Waals surface area contributed by atoms with Crippen LogP contribution in [0.3, 0.4) is 0 Å². The summed E-state index contributed by atoms with van der Waals surface area (Å²) in [5.41, 5.74) is 6.53. The summed E-state index contributed by atoms with van der Waals surface area (Å²) < 4.78 is 0. The molecule has 0 saturated heterocycles. The molecule has 0 aromatic carbocycles. The Bertz CT molecular complexity index is 371. The van der Waals surface area contributed by atoms with Gasteiger partial charge in [-0.3, -0.25) is 4.79 Å². The summed E-state index contributed by atoms with van der Waals surface area (Å²) in [5.74, 6) is 0.466. The van der Waals surface area contributed by atoms with Crippen molar-refractivity contribution in [2.24, 2.45) is 0 Å². The second-order valence-corrected chi connectivity index (χ2v) is 5.19. The van der Waals surface area contributed by atoms with E-state index in [1.807, 2.05) is 0 Å². The predicted molar refractivity (Wildman–Crippen MR) is 60.6 cm³/mol. The molecule has 0 aliphatic heterocycles. The highest BCUT2D eigenvalue weighted by Gasteiger charge is 2.26. The minimum Gasteiger partial charge on any atom is -0.299 e. The van der Waals surface area contributed by atoms with Gasteiger partial charge in [0.1, 0.15) is 5.78 Å². The fraction of sp³-hybridized carbons (Fsp3) is 0.643. The van der Waals surface area contributed by atoms with Crippen molar-refractivity contribution < 1.29 is 4.79 Å². The molecular weight excluding hydrogens is 184 g/mol. The van der Waals surface area contributed by atoms with Crippen molar-refractivity contribution in [3.05, 3.63) is 22.3 Å². The molecule has 0 aromatic rings. The topological polar surface area (TPSA) is 17.1 Å². The van der Waals surface area contributed by atoms with E-state index in [2.05, 4.69) is 0 Å². The first-order chi connectivity index (χ1) is 7.33. The zero-order chi connectivity index (χ0) is 10.3. The molecule has 1 heteroatoms. The SMILES string of the molecule is O=C1CCC2=C(C1)CC1=C(CCCC1)C2. The number of hydrogen-bond acceptors (Lipinski definition) is 1. The van der Waals surface area contributed by atoms with Crippen LogP contribution in [0.4, 0.5) is 0 Å². The van der Waals surface area contributed by atoms with Gasteiger partial charge >= 0.3 is 0 Å². The Labute approximate surface area is 91.2 Å². The van der Waals surface area contributed by atoms with Crippen molar-refractivity contribution in [2.45, 2.75) is 57.8 Å². The fourth-order valence-corrected chi connectivity index (χ4v) is 3.29. The van der Waals surface area contributed by atoms with Crippen LogP contribution in [0, 0.1) is 0 Å². The Morgan fingerprint density at radius 1 is 0.600 bits per heavy atom. The molecule has 0 atom stereocenters. The summed E-state index contributed by atoms with van der Waals surface area (Å²) in [6.45, 7) is 0. The van der Waals surface area contributed by atoms with Gasteiger partial charge in [-0.25, -0.2) is 0 Å². The lowest BCUT2D eigenvalue weighted by molar-refractivity contribution is -0.118. The molecule has 0 fully saturated rings. The molecule has 0 heterocycles. The van der Waals surface area contributed by atoms with Gasteiger partial charge in [-0.1, -0.05) is 22.3 Å². The number of rotatable bonds is 0. The molecule has 80 valence electrons. The number of carbonyl (C=O) groups excluding carboxylic acids is 1. The van der Waals surface area contributed by atoms with Gasteiger partial charge in [-0.05, 0) is 44.9 Å². The summed E-state index contributed by atoms with van der Waals surface area (Å²) in [7, 11) is 0. The van der Waals surface area contributed by atoms with E-state index in [1.54, 1.807) is 16.7 Å². The van der Waals surface area contributed by atoms with E-state index in [9.17, 15) is 4.79 Å². The van der Waals surface area contributed by atoms with Crippen LogP contribution in [0.15, 0.2) is 22.3 Å². The van der Waals surface area contributed by atoms with Crippen molar-refractivity contribution in [3.8, 4) is 0 Å².